The number of halogens is 2. The molecule has 6 nitrogen and oxygen atoms in total. The number of aromatic nitrogens is 3. The van der Waals surface area contributed by atoms with Crippen LogP contribution in [0.3, 0.4) is 0 Å². The van der Waals surface area contributed by atoms with Crippen LogP contribution in [0.4, 0.5) is 20.4 Å². The molecule has 1 unspecified atom stereocenters. The fourth-order valence-corrected chi connectivity index (χ4v) is 3.16. The lowest BCUT2D eigenvalue weighted by atomic mass is 9.99. The first-order valence-electron chi connectivity index (χ1n) is 9.01. The molecule has 4 rings (SSSR count). The maximum atomic E-state index is 13.4. The van der Waals surface area contributed by atoms with E-state index in [1.54, 1.807) is 0 Å². The number of benzene rings is 2. The van der Waals surface area contributed by atoms with Crippen LogP contribution in [0.1, 0.15) is 19.8 Å². The molecule has 2 aromatic carbocycles. The molecule has 1 saturated heterocycles. The molecule has 1 aromatic heterocycles. The van der Waals surface area contributed by atoms with Crippen LogP contribution >= 0.6 is 0 Å². The molecule has 0 saturated carbocycles. The molecule has 1 fully saturated rings. The van der Waals surface area contributed by atoms with E-state index in [1.165, 1.54) is 23.1 Å². The Morgan fingerprint density at radius 2 is 2.00 bits per heavy atom. The Labute approximate surface area is 161 Å². The van der Waals surface area contributed by atoms with Crippen LogP contribution in [0, 0.1) is 11.6 Å². The van der Waals surface area contributed by atoms with Crippen LogP contribution in [-0.2, 0) is 4.74 Å². The molecule has 0 aliphatic carbocycles. The lowest BCUT2D eigenvalue weighted by Crippen LogP contribution is -2.41. The molecule has 0 amide bonds. The molecule has 8 heteroatoms. The van der Waals surface area contributed by atoms with Gasteiger partial charge in [-0.1, -0.05) is 6.07 Å². The van der Waals surface area contributed by atoms with Gasteiger partial charge in [-0.15, -0.1) is 5.10 Å². The van der Waals surface area contributed by atoms with Crippen molar-refractivity contribution < 1.29 is 18.3 Å². The average Bonchev–Trinajstić information content (AvgIpc) is 3.10. The monoisotopic (exact) mass is 386 g/mol. The zero-order valence-corrected chi connectivity index (χ0v) is 15.4. The molecular formula is C20H20F2N4O2. The zero-order chi connectivity index (χ0) is 19.6. The van der Waals surface area contributed by atoms with Gasteiger partial charge in [0.15, 0.2) is 0 Å². The van der Waals surface area contributed by atoms with Gasteiger partial charge in [0.1, 0.15) is 29.3 Å². The number of ether oxygens (including phenoxy) is 2. The van der Waals surface area contributed by atoms with Gasteiger partial charge in [-0.05, 0) is 44.0 Å². The molecule has 0 spiro atoms. The summed E-state index contributed by atoms with van der Waals surface area (Å²) in [5, 5.41) is 7.29. The normalized spacial score (nSPS) is 19.4. The van der Waals surface area contributed by atoms with E-state index < -0.39 is 11.6 Å². The third kappa shape index (κ3) is 4.28. The van der Waals surface area contributed by atoms with Crippen LogP contribution in [-0.4, -0.2) is 33.6 Å². The first-order chi connectivity index (χ1) is 13.5. The number of nitrogens with zero attached hydrogens (tertiary/aromatic N) is 3. The SMILES string of the molecule is CC1(Oc2cccc(Nc3ncn(-c4cc(F)cc(F)c4)n3)c2)CCCOC1. The van der Waals surface area contributed by atoms with Gasteiger partial charge in [-0.3, -0.25) is 0 Å². The highest BCUT2D eigenvalue weighted by atomic mass is 19.1. The molecule has 1 atom stereocenters. The molecule has 0 bridgehead atoms. The Kier molecular flexibility index (Phi) is 4.95. The molecular weight excluding hydrogens is 366 g/mol. The van der Waals surface area contributed by atoms with E-state index in [0.717, 1.165) is 31.2 Å². The van der Waals surface area contributed by atoms with E-state index in [-0.39, 0.29) is 11.3 Å². The Bertz CT molecular complexity index is 950. The number of hydrogen-bond donors (Lipinski definition) is 1. The molecule has 1 N–H and O–H groups in total. The largest absolute Gasteiger partial charge is 0.485 e. The Balaban J connectivity index is 1.48. The fourth-order valence-electron chi connectivity index (χ4n) is 3.16. The molecule has 146 valence electrons. The van der Waals surface area contributed by atoms with E-state index in [0.29, 0.717) is 18.3 Å². The summed E-state index contributed by atoms with van der Waals surface area (Å²) in [4.78, 5) is 4.14. The summed E-state index contributed by atoms with van der Waals surface area (Å²) in [6.07, 6.45) is 3.29. The Hall–Kier alpha value is -3.00. The van der Waals surface area contributed by atoms with Crippen molar-refractivity contribution in [3.8, 4) is 11.4 Å². The topological polar surface area (TPSA) is 61.2 Å². The second-order valence-corrected chi connectivity index (χ2v) is 7.00. The van der Waals surface area contributed by atoms with Gasteiger partial charge in [0.25, 0.3) is 0 Å². The number of hydrogen-bond acceptors (Lipinski definition) is 5. The van der Waals surface area contributed by atoms with Gasteiger partial charge in [-0.25, -0.2) is 13.5 Å². The molecule has 0 radical (unpaired) electrons. The van der Waals surface area contributed by atoms with Gasteiger partial charge in [0.05, 0.1) is 12.3 Å². The van der Waals surface area contributed by atoms with Crippen molar-refractivity contribution in [2.75, 3.05) is 18.5 Å². The van der Waals surface area contributed by atoms with Crippen molar-refractivity contribution in [2.45, 2.75) is 25.4 Å². The van der Waals surface area contributed by atoms with Crippen molar-refractivity contribution >= 4 is 11.6 Å². The van der Waals surface area contributed by atoms with Gasteiger partial charge in [-0.2, -0.15) is 4.98 Å². The molecule has 1 aliphatic rings. The van der Waals surface area contributed by atoms with E-state index in [4.69, 9.17) is 9.47 Å². The highest BCUT2D eigenvalue weighted by molar-refractivity contribution is 5.55. The van der Waals surface area contributed by atoms with E-state index in [9.17, 15) is 8.78 Å². The quantitative estimate of drug-likeness (QED) is 0.711. The number of nitrogens with one attached hydrogen (secondary N) is 1. The van der Waals surface area contributed by atoms with Crippen molar-refractivity contribution in [2.24, 2.45) is 0 Å². The minimum atomic E-state index is -0.676. The summed E-state index contributed by atoms with van der Waals surface area (Å²) < 4.78 is 39.7. The minimum absolute atomic E-state index is 0.250. The van der Waals surface area contributed by atoms with Crippen LogP contribution in [0.5, 0.6) is 5.75 Å². The second-order valence-electron chi connectivity index (χ2n) is 7.00. The first kappa shape index (κ1) is 18.4. The van der Waals surface area contributed by atoms with E-state index in [1.807, 2.05) is 31.2 Å². The number of anilines is 2. The smallest absolute Gasteiger partial charge is 0.246 e. The lowest BCUT2D eigenvalue weighted by Gasteiger charge is -2.34. The summed E-state index contributed by atoms with van der Waals surface area (Å²) in [5.74, 6) is -0.339. The van der Waals surface area contributed by atoms with Crippen LogP contribution in [0.15, 0.2) is 48.8 Å². The second kappa shape index (κ2) is 7.55. The zero-order valence-electron chi connectivity index (χ0n) is 15.4. The minimum Gasteiger partial charge on any atom is -0.485 e. The van der Waals surface area contributed by atoms with Gasteiger partial charge in [0.2, 0.25) is 5.95 Å². The highest BCUT2D eigenvalue weighted by Crippen LogP contribution is 2.28. The van der Waals surface area contributed by atoms with Crippen molar-refractivity contribution in [1.29, 1.82) is 0 Å². The summed E-state index contributed by atoms with van der Waals surface area (Å²) in [7, 11) is 0. The predicted molar refractivity (Wildman–Crippen MR) is 100 cm³/mol. The maximum absolute atomic E-state index is 13.4. The van der Waals surface area contributed by atoms with Crippen molar-refractivity contribution in [3.63, 3.8) is 0 Å². The van der Waals surface area contributed by atoms with Crippen LogP contribution in [0.25, 0.3) is 5.69 Å². The van der Waals surface area contributed by atoms with Crippen LogP contribution < -0.4 is 10.1 Å². The first-order valence-corrected chi connectivity index (χ1v) is 9.01. The summed E-state index contributed by atoms with van der Waals surface area (Å²) in [6, 6.07) is 10.6. The third-order valence-corrected chi connectivity index (χ3v) is 4.46. The summed E-state index contributed by atoms with van der Waals surface area (Å²) >= 11 is 0. The Morgan fingerprint density at radius 3 is 2.75 bits per heavy atom. The predicted octanol–water partition coefficient (Wildman–Crippen LogP) is 4.24. The van der Waals surface area contributed by atoms with Crippen molar-refractivity contribution in [3.05, 3.63) is 60.4 Å². The fraction of sp³-hybridized carbons (Fsp3) is 0.300. The maximum Gasteiger partial charge on any atom is 0.246 e. The number of rotatable bonds is 5. The molecule has 3 aromatic rings. The third-order valence-electron chi connectivity index (χ3n) is 4.46. The van der Waals surface area contributed by atoms with Gasteiger partial charge >= 0.3 is 0 Å². The van der Waals surface area contributed by atoms with Crippen molar-refractivity contribution in [1.82, 2.24) is 14.8 Å². The van der Waals surface area contributed by atoms with E-state index in [2.05, 4.69) is 15.4 Å². The van der Waals surface area contributed by atoms with Crippen LogP contribution in [0.2, 0.25) is 0 Å². The standard InChI is InChI=1S/C20H20F2N4O2/c1-20(6-3-7-27-12-20)28-18-5-2-4-16(11-18)24-19-23-13-26(25-19)17-9-14(21)8-15(22)10-17/h2,4-5,8-11,13H,3,6-7,12H2,1H3,(H,24,25). The molecule has 1 aliphatic heterocycles. The lowest BCUT2D eigenvalue weighted by molar-refractivity contribution is -0.0563. The highest BCUT2D eigenvalue weighted by Gasteiger charge is 2.29. The van der Waals surface area contributed by atoms with E-state index >= 15 is 0 Å². The molecule has 2 heterocycles. The molecule has 28 heavy (non-hydrogen) atoms. The summed E-state index contributed by atoms with van der Waals surface area (Å²) in [6.45, 7) is 3.36. The van der Waals surface area contributed by atoms with Gasteiger partial charge in [0, 0.05) is 24.4 Å². The average molecular weight is 386 g/mol. The summed E-state index contributed by atoms with van der Waals surface area (Å²) in [5.41, 5.74) is 0.638. The Morgan fingerprint density at radius 1 is 1.18 bits per heavy atom. The van der Waals surface area contributed by atoms with Gasteiger partial charge < -0.3 is 14.8 Å².